The molecule has 1 aliphatic carbocycles. The molecule has 24 heavy (non-hydrogen) atoms. The van der Waals surface area contributed by atoms with Gasteiger partial charge in [0.05, 0.1) is 5.69 Å². The van der Waals surface area contributed by atoms with Gasteiger partial charge in [0.2, 0.25) is 5.91 Å². The fourth-order valence-corrected chi connectivity index (χ4v) is 3.65. The van der Waals surface area contributed by atoms with E-state index in [1.54, 1.807) is 6.20 Å². The lowest BCUT2D eigenvalue weighted by Gasteiger charge is -2.35. The van der Waals surface area contributed by atoms with Crippen LogP contribution >= 0.6 is 0 Å². The van der Waals surface area contributed by atoms with E-state index in [4.69, 9.17) is 5.73 Å². The SMILES string of the molecule is NCC1(CC(=O)NCc2ccccc2-n2cccn2)CCCCC1. The van der Waals surface area contributed by atoms with E-state index in [0.29, 0.717) is 19.5 Å². The summed E-state index contributed by atoms with van der Waals surface area (Å²) in [7, 11) is 0. The van der Waals surface area contributed by atoms with E-state index in [2.05, 4.69) is 10.4 Å². The smallest absolute Gasteiger partial charge is 0.220 e. The molecule has 1 heterocycles. The molecule has 0 saturated heterocycles. The number of aromatic nitrogens is 2. The van der Waals surface area contributed by atoms with E-state index in [1.165, 1.54) is 19.3 Å². The number of benzene rings is 1. The minimum atomic E-state index is 0.00380. The molecule has 0 radical (unpaired) electrons. The number of nitrogens with two attached hydrogens (primary N) is 1. The molecule has 1 amide bonds. The fourth-order valence-electron chi connectivity index (χ4n) is 3.65. The summed E-state index contributed by atoms with van der Waals surface area (Å²) < 4.78 is 1.82. The van der Waals surface area contributed by atoms with Crippen molar-refractivity contribution in [3.63, 3.8) is 0 Å². The van der Waals surface area contributed by atoms with Crippen molar-refractivity contribution in [1.82, 2.24) is 15.1 Å². The first kappa shape index (κ1) is 16.7. The number of hydrogen-bond acceptors (Lipinski definition) is 3. The van der Waals surface area contributed by atoms with Gasteiger partial charge in [0.1, 0.15) is 0 Å². The van der Waals surface area contributed by atoms with Crippen molar-refractivity contribution in [1.29, 1.82) is 0 Å². The predicted octanol–water partition coefficient (Wildman–Crippen LogP) is 2.79. The lowest BCUT2D eigenvalue weighted by Crippen LogP contribution is -2.38. The number of nitrogens with zero attached hydrogens (tertiary/aromatic N) is 2. The molecular weight excluding hydrogens is 300 g/mol. The van der Waals surface area contributed by atoms with Crippen molar-refractivity contribution in [2.75, 3.05) is 6.54 Å². The first-order valence-electron chi connectivity index (χ1n) is 8.77. The number of rotatable bonds is 6. The maximum Gasteiger partial charge on any atom is 0.220 e. The predicted molar refractivity (Wildman–Crippen MR) is 94.6 cm³/mol. The second kappa shape index (κ2) is 7.62. The summed E-state index contributed by atoms with van der Waals surface area (Å²) in [4.78, 5) is 12.5. The standard InChI is InChI=1S/C19H26N4O/c20-15-19(9-4-1-5-10-19)13-18(24)21-14-16-7-2-3-8-17(16)23-12-6-11-22-23/h2-3,6-8,11-12H,1,4-5,9-10,13-15,20H2,(H,21,24). The Balaban J connectivity index is 1.63. The topological polar surface area (TPSA) is 72.9 Å². The molecule has 1 fully saturated rings. The van der Waals surface area contributed by atoms with Crippen molar-refractivity contribution < 1.29 is 4.79 Å². The van der Waals surface area contributed by atoms with Crippen LogP contribution in [0.25, 0.3) is 5.69 Å². The normalized spacial score (nSPS) is 16.7. The number of carbonyl (C=O) groups is 1. The molecule has 0 bridgehead atoms. The first-order valence-corrected chi connectivity index (χ1v) is 8.77. The van der Waals surface area contributed by atoms with Gasteiger partial charge in [-0.2, -0.15) is 5.10 Å². The van der Waals surface area contributed by atoms with Crippen LogP contribution in [0.2, 0.25) is 0 Å². The lowest BCUT2D eigenvalue weighted by atomic mass is 9.71. The molecule has 0 spiro atoms. The van der Waals surface area contributed by atoms with Crippen molar-refractivity contribution in [2.24, 2.45) is 11.1 Å². The van der Waals surface area contributed by atoms with Crippen LogP contribution in [0.1, 0.15) is 44.1 Å². The van der Waals surface area contributed by atoms with Crippen LogP contribution < -0.4 is 11.1 Å². The summed E-state index contributed by atoms with van der Waals surface area (Å²) in [6.07, 6.45) is 9.98. The molecule has 3 N–H and O–H groups in total. The van der Waals surface area contributed by atoms with Gasteiger partial charge in [0, 0.05) is 25.4 Å². The van der Waals surface area contributed by atoms with Crippen LogP contribution in [-0.4, -0.2) is 22.2 Å². The third-order valence-corrected chi connectivity index (χ3v) is 5.10. The van der Waals surface area contributed by atoms with E-state index >= 15 is 0 Å². The van der Waals surface area contributed by atoms with Crippen molar-refractivity contribution in [3.05, 3.63) is 48.3 Å². The minimum absolute atomic E-state index is 0.00380. The maximum atomic E-state index is 12.5. The van der Waals surface area contributed by atoms with Gasteiger partial charge < -0.3 is 11.1 Å². The first-order chi connectivity index (χ1) is 11.7. The fraction of sp³-hybridized carbons (Fsp3) is 0.474. The van der Waals surface area contributed by atoms with Crippen LogP contribution in [0.5, 0.6) is 0 Å². The van der Waals surface area contributed by atoms with Gasteiger partial charge in [-0.25, -0.2) is 4.68 Å². The van der Waals surface area contributed by atoms with Crippen molar-refractivity contribution >= 4 is 5.91 Å². The minimum Gasteiger partial charge on any atom is -0.352 e. The van der Waals surface area contributed by atoms with Gasteiger partial charge in [-0.15, -0.1) is 0 Å². The van der Waals surface area contributed by atoms with Crippen molar-refractivity contribution in [2.45, 2.75) is 45.1 Å². The van der Waals surface area contributed by atoms with Crippen LogP contribution in [0.3, 0.4) is 0 Å². The zero-order valence-electron chi connectivity index (χ0n) is 14.1. The molecule has 128 valence electrons. The number of amides is 1. The van der Waals surface area contributed by atoms with Gasteiger partial charge in [0.25, 0.3) is 0 Å². The number of hydrogen-bond donors (Lipinski definition) is 2. The molecule has 0 aliphatic heterocycles. The van der Waals surface area contributed by atoms with E-state index in [1.807, 2.05) is 41.2 Å². The zero-order valence-corrected chi connectivity index (χ0v) is 14.1. The Kier molecular flexibility index (Phi) is 5.30. The van der Waals surface area contributed by atoms with Gasteiger partial charge in [0.15, 0.2) is 0 Å². The monoisotopic (exact) mass is 326 g/mol. The summed E-state index contributed by atoms with van der Waals surface area (Å²) >= 11 is 0. The molecule has 2 aromatic rings. The van der Waals surface area contributed by atoms with Gasteiger partial charge in [-0.05, 0) is 42.5 Å². The average molecular weight is 326 g/mol. The highest BCUT2D eigenvalue weighted by atomic mass is 16.1. The molecule has 0 unspecified atom stereocenters. The van der Waals surface area contributed by atoms with E-state index in [-0.39, 0.29) is 11.3 Å². The molecular formula is C19H26N4O. The highest BCUT2D eigenvalue weighted by molar-refractivity contribution is 5.76. The quantitative estimate of drug-likeness (QED) is 0.857. The van der Waals surface area contributed by atoms with Crippen molar-refractivity contribution in [3.8, 4) is 5.69 Å². The number of carbonyl (C=O) groups excluding carboxylic acids is 1. The Bertz CT molecular complexity index is 660. The summed E-state index contributed by atoms with van der Waals surface area (Å²) in [5.74, 6) is 0.0950. The zero-order chi connectivity index (χ0) is 16.8. The number of nitrogens with one attached hydrogen (secondary N) is 1. The third-order valence-electron chi connectivity index (χ3n) is 5.10. The molecule has 0 atom stereocenters. The lowest BCUT2D eigenvalue weighted by molar-refractivity contribution is -0.124. The Morgan fingerprint density at radius 1 is 1.21 bits per heavy atom. The molecule has 1 saturated carbocycles. The van der Waals surface area contributed by atoms with E-state index < -0.39 is 0 Å². The van der Waals surface area contributed by atoms with Gasteiger partial charge in [-0.1, -0.05) is 37.5 Å². The molecule has 3 rings (SSSR count). The molecule has 1 aromatic carbocycles. The largest absolute Gasteiger partial charge is 0.352 e. The highest BCUT2D eigenvalue weighted by Gasteiger charge is 2.32. The van der Waals surface area contributed by atoms with E-state index in [9.17, 15) is 4.79 Å². The molecule has 5 heteroatoms. The highest BCUT2D eigenvalue weighted by Crippen LogP contribution is 2.38. The molecule has 1 aliphatic rings. The second-order valence-corrected chi connectivity index (χ2v) is 6.80. The van der Waals surface area contributed by atoms with Crippen LogP contribution in [-0.2, 0) is 11.3 Å². The van der Waals surface area contributed by atoms with Crippen LogP contribution in [0.15, 0.2) is 42.7 Å². The summed E-state index contributed by atoms with van der Waals surface area (Å²) in [5.41, 5.74) is 8.04. The second-order valence-electron chi connectivity index (χ2n) is 6.80. The Morgan fingerprint density at radius 2 is 2.00 bits per heavy atom. The maximum absolute atomic E-state index is 12.5. The molecule has 1 aromatic heterocycles. The summed E-state index contributed by atoms with van der Waals surface area (Å²) in [6.45, 7) is 1.11. The van der Waals surface area contributed by atoms with Crippen LogP contribution in [0.4, 0.5) is 0 Å². The summed E-state index contributed by atoms with van der Waals surface area (Å²) in [6, 6.07) is 9.89. The third kappa shape index (κ3) is 3.85. The Labute approximate surface area is 143 Å². The number of para-hydroxylation sites is 1. The summed E-state index contributed by atoms with van der Waals surface area (Å²) in [5, 5.41) is 7.35. The average Bonchev–Trinajstić information content (AvgIpc) is 3.15. The van der Waals surface area contributed by atoms with E-state index in [0.717, 1.165) is 24.1 Å². The van der Waals surface area contributed by atoms with Gasteiger partial charge in [-0.3, -0.25) is 4.79 Å². The molecule has 5 nitrogen and oxygen atoms in total. The van der Waals surface area contributed by atoms with Gasteiger partial charge >= 0.3 is 0 Å². The Morgan fingerprint density at radius 3 is 2.71 bits per heavy atom. The van der Waals surface area contributed by atoms with Crippen LogP contribution in [0, 0.1) is 5.41 Å². The Hall–Kier alpha value is -2.14.